The number of pyridine rings is 1. The number of hydrogen-bond acceptors (Lipinski definition) is 3. The maximum absolute atomic E-state index is 11.2. The van der Waals surface area contributed by atoms with E-state index in [9.17, 15) is 4.79 Å². The van der Waals surface area contributed by atoms with Crippen molar-refractivity contribution in [2.45, 2.75) is 45.1 Å². The fourth-order valence-corrected chi connectivity index (χ4v) is 2.50. The fraction of sp³-hybridized carbons (Fsp3) is 0.538. The number of aromatic carboxylic acids is 1. The molecule has 4 heteroatoms. The van der Waals surface area contributed by atoms with Crippen molar-refractivity contribution in [3.63, 3.8) is 0 Å². The lowest BCUT2D eigenvalue weighted by Crippen LogP contribution is -2.30. The summed E-state index contributed by atoms with van der Waals surface area (Å²) < 4.78 is 0. The normalized spacial score (nSPS) is 19.2. The van der Waals surface area contributed by atoms with Gasteiger partial charge in [-0.3, -0.25) is 4.98 Å². The highest BCUT2D eigenvalue weighted by Crippen LogP contribution is 2.29. The molecule has 0 saturated heterocycles. The van der Waals surface area contributed by atoms with Crippen molar-refractivity contribution in [3.05, 3.63) is 28.6 Å². The molecule has 0 fully saturated rings. The van der Waals surface area contributed by atoms with Gasteiger partial charge < -0.3 is 10.8 Å². The molecule has 1 aromatic rings. The van der Waals surface area contributed by atoms with Gasteiger partial charge in [0, 0.05) is 17.9 Å². The number of carboxylic acid groups (broad SMARTS) is 1. The van der Waals surface area contributed by atoms with Gasteiger partial charge >= 0.3 is 5.97 Å². The van der Waals surface area contributed by atoms with Crippen LogP contribution in [0.3, 0.4) is 0 Å². The quantitative estimate of drug-likeness (QED) is 0.817. The molecule has 0 aromatic carbocycles. The third-order valence-corrected chi connectivity index (χ3v) is 3.34. The zero-order valence-electron chi connectivity index (χ0n) is 10.2. The van der Waals surface area contributed by atoms with Gasteiger partial charge in [-0.25, -0.2) is 4.79 Å². The fourth-order valence-electron chi connectivity index (χ4n) is 2.50. The van der Waals surface area contributed by atoms with Gasteiger partial charge in [0.25, 0.3) is 0 Å². The molecule has 1 aliphatic rings. The number of nitrogens with zero attached hydrogens (tertiary/aromatic N) is 1. The van der Waals surface area contributed by atoms with Crippen LogP contribution in [0.4, 0.5) is 0 Å². The molecule has 0 radical (unpaired) electrons. The number of aromatic nitrogens is 1. The van der Waals surface area contributed by atoms with Gasteiger partial charge in [0.15, 0.2) is 0 Å². The van der Waals surface area contributed by atoms with Gasteiger partial charge in [0.1, 0.15) is 0 Å². The summed E-state index contributed by atoms with van der Waals surface area (Å²) in [5, 5.41) is 9.16. The molecule has 17 heavy (non-hydrogen) atoms. The van der Waals surface area contributed by atoms with E-state index in [-0.39, 0.29) is 6.04 Å². The summed E-state index contributed by atoms with van der Waals surface area (Å²) in [6.07, 6.45) is 3.85. The van der Waals surface area contributed by atoms with E-state index in [1.54, 1.807) is 0 Å². The van der Waals surface area contributed by atoms with E-state index in [4.69, 9.17) is 10.8 Å². The Kier molecular flexibility index (Phi) is 3.15. The Morgan fingerprint density at radius 3 is 2.82 bits per heavy atom. The molecule has 1 atom stereocenters. The van der Waals surface area contributed by atoms with Crippen LogP contribution < -0.4 is 5.73 Å². The van der Waals surface area contributed by atoms with Crippen LogP contribution in [0.25, 0.3) is 0 Å². The molecule has 92 valence electrons. The monoisotopic (exact) mass is 234 g/mol. The highest BCUT2D eigenvalue weighted by atomic mass is 16.4. The maximum atomic E-state index is 11.2. The van der Waals surface area contributed by atoms with Crippen LogP contribution in [0, 0.1) is 0 Å². The molecule has 0 aliphatic heterocycles. The topological polar surface area (TPSA) is 76.2 Å². The van der Waals surface area contributed by atoms with Gasteiger partial charge in [-0.1, -0.05) is 13.8 Å². The molecular formula is C13H18N2O2. The zero-order chi connectivity index (χ0) is 12.6. The molecule has 1 heterocycles. The van der Waals surface area contributed by atoms with E-state index in [1.807, 2.05) is 0 Å². The molecule has 2 rings (SSSR count). The predicted molar refractivity (Wildman–Crippen MR) is 65.3 cm³/mol. The number of hydrogen-bond donors (Lipinski definition) is 2. The van der Waals surface area contributed by atoms with E-state index < -0.39 is 5.97 Å². The van der Waals surface area contributed by atoms with Crippen LogP contribution in [0.15, 0.2) is 6.20 Å². The van der Waals surface area contributed by atoms with Crippen molar-refractivity contribution in [2.24, 2.45) is 5.73 Å². The van der Waals surface area contributed by atoms with E-state index in [0.29, 0.717) is 11.5 Å². The second kappa shape index (κ2) is 4.45. The van der Waals surface area contributed by atoms with E-state index >= 15 is 0 Å². The Balaban J connectivity index is 2.58. The molecule has 0 amide bonds. The predicted octanol–water partition coefficient (Wildman–Crippen LogP) is 1.72. The van der Waals surface area contributed by atoms with Crippen LogP contribution in [0.5, 0.6) is 0 Å². The summed E-state index contributed by atoms with van der Waals surface area (Å²) in [6.45, 7) is 4.15. The Morgan fingerprint density at radius 1 is 1.53 bits per heavy atom. The van der Waals surface area contributed by atoms with Gasteiger partial charge in [0.05, 0.1) is 5.56 Å². The molecule has 1 aliphatic carbocycles. The summed E-state index contributed by atoms with van der Waals surface area (Å²) in [5.41, 5.74) is 9.32. The zero-order valence-corrected chi connectivity index (χ0v) is 10.2. The van der Waals surface area contributed by atoms with E-state index in [0.717, 1.165) is 36.1 Å². The summed E-state index contributed by atoms with van der Waals surface area (Å²) in [5.74, 6) is -0.587. The summed E-state index contributed by atoms with van der Waals surface area (Å²) >= 11 is 0. The SMILES string of the molecule is CC(C)c1ncc(C(=O)O)c2c1CC(N)CC2. The Hall–Kier alpha value is -1.42. The van der Waals surface area contributed by atoms with Crippen molar-refractivity contribution < 1.29 is 9.90 Å². The van der Waals surface area contributed by atoms with Crippen molar-refractivity contribution in [1.82, 2.24) is 4.98 Å². The Morgan fingerprint density at radius 2 is 2.24 bits per heavy atom. The Bertz CT molecular complexity index is 455. The first kappa shape index (κ1) is 12.0. The highest BCUT2D eigenvalue weighted by Gasteiger charge is 2.25. The van der Waals surface area contributed by atoms with Gasteiger partial charge in [-0.2, -0.15) is 0 Å². The van der Waals surface area contributed by atoms with Gasteiger partial charge in [-0.15, -0.1) is 0 Å². The van der Waals surface area contributed by atoms with Crippen LogP contribution in [-0.2, 0) is 12.8 Å². The maximum Gasteiger partial charge on any atom is 0.337 e. The Labute approximate surface area is 101 Å². The molecule has 0 bridgehead atoms. The first-order chi connectivity index (χ1) is 8.00. The highest BCUT2D eigenvalue weighted by molar-refractivity contribution is 5.89. The number of fused-ring (bicyclic) bond motifs is 1. The van der Waals surface area contributed by atoms with E-state index in [2.05, 4.69) is 18.8 Å². The minimum absolute atomic E-state index is 0.130. The van der Waals surface area contributed by atoms with Gasteiger partial charge in [-0.05, 0) is 36.3 Å². The lowest BCUT2D eigenvalue weighted by atomic mass is 9.83. The van der Waals surface area contributed by atoms with Crippen LogP contribution >= 0.6 is 0 Å². The average Bonchev–Trinajstić information content (AvgIpc) is 2.26. The second-order valence-corrected chi connectivity index (χ2v) is 4.98. The van der Waals surface area contributed by atoms with Crippen LogP contribution in [0.1, 0.15) is 53.4 Å². The summed E-state index contributed by atoms with van der Waals surface area (Å²) in [4.78, 5) is 15.5. The molecule has 4 nitrogen and oxygen atoms in total. The van der Waals surface area contributed by atoms with Crippen molar-refractivity contribution in [2.75, 3.05) is 0 Å². The summed E-state index contributed by atoms with van der Waals surface area (Å²) in [6, 6.07) is 0.130. The van der Waals surface area contributed by atoms with E-state index in [1.165, 1.54) is 6.20 Å². The lowest BCUT2D eigenvalue weighted by molar-refractivity contribution is 0.0694. The smallest absolute Gasteiger partial charge is 0.337 e. The number of rotatable bonds is 2. The van der Waals surface area contributed by atoms with Crippen molar-refractivity contribution in [3.8, 4) is 0 Å². The third kappa shape index (κ3) is 2.17. The number of nitrogens with two attached hydrogens (primary N) is 1. The molecule has 0 saturated carbocycles. The minimum atomic E-state index is -0.889. The van der Waals surface area contributed by atoms with Gasteiger partial charge in [0.2, 0.25) is 0 Å². The first-order valence-corrected chi connectivity index (χ1v) is 6.00. The minimum Gasteiger partial charge on any atom is -0.478 e. The van der Waals surface area contributed by atoms with Crippen LogP contribution in [-0.4, -0.2) is 22.1 Å². The van der Waals surface area contributed by atoms with Crippen molar-refractivity contribution in [1.29, 1.82) is 0 Å². The molecule has 1 aromatic heterocycles. The largest absolute Gasteiger partial charge is 0.478 e. The second-order valence-electron chi connectivity index (χ2n) is 4.98. The lowest BCUT2D eigenvalue weighted by Gasteiger charge is -2.25. The van der Waals surface area contributed by atoms with Crippen molar-refractivity contribution >= 4 is 5.97 Å². The molecule has 0 spiro atoms. The number of carbonyl (C=O) groups is 1. The third-order valence-electron chi connectivity index (χ3n) is 3.34. The van der Waals surface area contributed by atoms with Crippen LogP contribution in [0.2, 0.25) is 0 Å². The molecule has 1 unspecified atom stereocenters. The number of carboxylic acids is 1. The molecule has 3 N–H and O–H groups in total. The molecular weight excluding hydrogens is 216 g/mol. The standard InChI is InChI=1S/C13H18N2O2/c1-7(2)12-10-5-8(14)3-4-9(10)11(6-15-12)13(16)17/h6-8H,3-5,14H2,1-2H3,(H,16,17). The summed E-state index contributed by atoms with van der Waals surface area (Å²) in [7, 11) is 0. The first-order valence-electron chi connectivity index (χ1n) is 6.00. The average molecular weight is 234 g/mol.